The van der Waals surface area contributed by atoms with E-state index in [1.165, 1.54) is 44.2 Å². The van der Waals surface area contributed by atoms with Gasteiger partial charge in [0.05, 0.1) is 0 Å². The van der Waals surface area contributed by atoms with E-state index in [-0.39, 0.29) is 0 Å². The zero-order chi connectivity index (χ0) is 13.2. The summed E-state index contributed by atoms with van der Waals surface area (Å²) in [6.07, 6.45) is 8.57. The molecule has 0 saturated heterocycles. The third-order valence-corrected chi connectivity index (χ3v) is 5.82. The van der Waals surface area contributed by atoms with Gasteiger partial charge in [-0.1, -0.05) is 0 Å². The van der Waals surface area contributed by atoms with Crippen molar-refractivity contribution in [3.05, 3.63) is 18.2 Å². The molecule has 4 bridgehead atoms. The average molecular weight is 271 g/mol. The Balaban J connectivity index is 1.43. The van der Waals surface area contributed by atoms with E-state index >= 15 is 0 Å². The number of fused-ring (bicyclic) bond motifs is 1. The smallest absolute Gasteiger partial charge is 0.231 e. The lowest BCUT2D eigenvalue weighted by Crippen LogP contribution is -2.54. The highest BCUT2D eigenvalue weighted by Gasteiger charge is 2.50. The van der Waals surface area contributed by atoms with Gasteiger partial charge in [0.1, 0.15) is 0 Å². The summed E-state index contributed by atoms with van der Waals surface area (Å²) < 4.78 is 10.9. The van der Waals surface area contributed by atoms with Gasteiger partial charge in [0.2, 0.25) is 6.79 Å². The molecule has 0 radical (unpaired) electrons. The minimum Gasteiger partial charge on any atom is -0.454 e. The molecule has 1 aliphatic heterocycles. The van der Waals surface area contributed by atoms with E-state index in [0.717, 1.165) is 29.3 Å². The van der Waals surface area contributed by atoms with E-state index in [2.05, 4.69) is 17.4 Å². The highest BCUT2D eigenvalue weighted by molar-refractivity contribution is 5.57. The fourth-order valence-corrected chi connectivity index (χ4v) is 5.54. The van der Waals surface area contributed by atoms with Crippen LogP contribution in [0.5, 0.6) is 11.5 Å². The highest BCUT2D eigenvalue weighted by Crippen LogP contribution is 2.56. The molecule has 1 aromatic carbocycles. The Hall–Kier alpha value is -1.38. The number of anilines is 1. The first-order valence-electron chi connectivity index (χ1n) is 7.96. The zero-order valence-electron chi connectivity index (χ0n) is 11.7. The minimum absolute atomic E-state index is 0.357. The van der Waals surface area contributed by atoms with Gasteiger partial charge in [0.25, 0.3) is 0 Å². The number of nitrogens with one attached hydrogen (secondary N) is 1. The number of hydrogen-bond acceptors (Lipinski definition) is 3. The fourth-order valence-electron chi connectivity index (χ4n) is 5.54. The van der Waals surface area contributed by atoms with Crippen molar-refractivity contribution >= 4 is 5.69 Å². The quantitative estimate of drug-likeness (QED) is 0.887. The molecular formula is C17H21NO2. The minimum atomic E-state index is 0.357. The molecule has 1 aromatic rings. The van der Waals surface area contributed by atoms with Gasteiger partial charge in [0, 0.05) is 17.3 Å². The third kappa shape index (κ3) is 1.65. The SMILES string of the molecule is c1cc2c(cc1NC13CC4CC(CC(C4)C1)C3)OCO2. The van der Waals surface area contributed by atoms with Crippen molar-refractivity contribution in [3.8, 4) is 11.5 Å². The van der Waals surface area contributed by atoms with Crippen molar-refractivity contribution < 1.29 is 9.47 Å². The Labute approximate surface area is 119 Å². The van der Waals surface area contributed by atoms with Crippen LogP contribution in [0.15, 0.2) is 18.2 Å². The maximum atomic E-state index is 5.50. The monoisotopic (exact) mass is 271 g/mol. The molecule has 0 amide bonds. The maximum absolute atomic E-state index is 5.50. The predicted octanol–water partition coefficient (Wildman–Crippen LogP) is 3.80. The Bertz CT molecular complexity index is 519. The molecule has 3 nitrogen and oxygen atoms in total. The van der Waals surface area contributed by atoms with Crippen LogP contribution in [0, 0.1) is 17.8 Å². The van der Waals surface area contributed by atoms with Gasteiger partial charge in [-0.05, 0) is 68.4 Å². The third-order valence-electron chi connectivity index (χ3n) is 5.82. The van der Waals surface area contributed by atoms with Crippen LogP contribution in [-0.2, 0) is 0 Å². The van der Waals surface area contributed by atoms with Gasteiger partial charge >= 0.3 is 0 Å². The Morgan fingerprint density at radius 1 is 0.900 bits per heavy atom. The molecule has 1 heterocycles. The molecule has 20 heavy (non-hydrogen) atoms. The van der Waals surface area contributed by atoms with Crippen molar-refractivity contribution in [1.82, 2.24) is 0 Å². The van der Waals surface area contributed by atoms with E-state index < -0.39 is 0 Å². The largest absolute Gasteiger partial charge is 0.454 e. The van der Waals surface area contributed by atoms with E-state index in [1.54, 1.807) is 0 Å². The first-order valence-corrected chi connectivity index (χ1v) is 7.96. The summed E-state index contributed by atoms with van der Waals surface area (Å²) in [7, 11) is 0. The van der Waals surface area contributed by atoms with Crippen LogP contribution >= 0.6 is 0 Å². The summed E-state index contributed by atoms with van der Waals surface area (Å²) in [6, 6.07) is 6.29. The molecule has 0 atom stereocenters. The topological polar surface area (TPSA) is 30.5 Å². The lowest BCUT2D eigenvalue weighted by molar-refractivity contribution is 0.0107. The lowest BCUT2D eigenvalue weighted by atomic mass is 9.53. The normalized spacial score (nSPS) is 40.1. The Kier molecular flexibility index (Phi) is 2.17. The summed E-state index contributed by atoms with van der Waals surface area (Å²) in [5.41, 5.74) is 1.57. The number of rotatable bonds is 2. The summed E-state index contributed by atoms with van der Waals surface area (Å²) >= 11 is 0. The summed E-state index contributed by atoms with van der Waals surface area (Å²) in [5.74, 6) is 4.69. The first kappa shape index (κ1) is 11.3. The predicted molar refractivity (Wildman–Crippen MR) is 77.1 cm³/mol. The lowest BCUT2D eigenvalue weighted by Gasteiger charge is -2.57. The van der Waals surface area contributed by atoms with Crippen LogP contribution in [0.4, 0.5) is 5.69 Å². The summed E-state index contributed by atoms with van der Waals surface area (Å²) in [4.78, 5) is 0. The van der Waals surface area contributed by atoms with Crippen molar-refractivity contribution in [2.75, 3.05) is 12.1 Å². The number of benzene rings is 1. The number of ether oxygens (including phenoxy) is 2. The van der Waals surface area contributed by atoms with Gasteiger partial charge in [-0.2, -0.15) is 0 Å². The highest BCUT2D eigenvalue weighted by atomic mass is 16.7. The molecule has 4 aliphatic carbocycles. The van der Waals surface area contributed by atoms with E-state index in [0.29, 0.717) is 12.3 Å². The molecule has 0 unspecified atom stereocenters. The average Bonchev–Trinajstić information content (AvgIpc) is 2.83. The van der Waals surface area contributed by atoms with Gasteiger partial charge in [0.15, 0.2) is 11.5 Å². The molecule has 5 aliphatic rings. The number of hydrogen-bond donors (Lipinski definition) is 1. The maximum Gasteiger partial charge on any atom is 0.231 e. The van der Waals surface area contributed by atoms with E-state index in [9.17, 15) is 0 Å². The Morgan fingerprint density at radius 3 is 2.25 bits per heavy atom. The molecule has 0 aromatic heterocycles. The zero-order valence-corrected chi connectivity index (χ0v) is 11.7. The van der Waals surface area contributed by atoms with E-state index in [4.69, 9.17) is 9.47 Å². The second kappa shape index (κ2) is 3.84. The first-order chi connectivity index (χ1) is 9.78. The molecule has 0 spiro atoms. The van der Waals surface area contributed by atoms with Crippen LogP contribution in [0.1, 0.15) is 38.5 Å². The standard InChI is InChI=1S/C17H21NO2/c1-2-15-16(20-10-19-15)6-14(1)18-17-7-11-3-12(8-17)5-13(4-11)9-17/h1-2,6,11-13,18H,3-5,7-10H2. The molecule has 1 N–H and O–H groups in total. The van der Waals surface area contributed by atoms with Crippen LogP contribution in [0.25, 0.3) is 0 Å². The molecular weight excluding hydrogens is 250 g/mol. The van der Waals surface area contributed by atoms with Crippen molar-refractivity contribution in [3.63, 3.8) is 0 Å². The summed E-state index contributed by atoms with van der Waals surface area (Å²) in [6.45, 7) is 0.357. The van der Waals surface area contributed by atoms with Gasteiger partial charge in [-0.3, -0.25) is 0 Å². The molecule has 3 heteroatoms. The Morgan fingerprint density at radius 2 is 1.55 bits per heavy atom. The van der Waals surface area contributed by atoms with Crippen LogP contribution < -0.4 is 14.8 Å². The molecule has 4 fully saturated rings. The van der Waals surface area contributed by atoms with Crippen LogP contribution in [-0.4, -0.2) is 12.3 Å². The van der Waals surface area contributed by atoms with Gasteiger partial charge < -0.3 is 14.8 Å². The van der Waals surface area contributed by atoms with Crippen LogP contribution in [0.3, 0.4) is 0 Å². The summed E-state index contributed by atoms with van der Waals surface area (Å²) in [5, 5.41) is 3.88. The van der Waals surface area contributed by atoms with Crippen molar-refractivity contribution in [2.45, 2.75) is 44.1 Å². The molecule has 6 rings (SSSR count). The second-order valence-corrected chi connectivity index (χ2v) is 7.39. The van der Waals surface area contributed by atoms with Crippen LogP contribution in [0.2, 0.25) is 0 Å². The van der Waals surface area contributed by atoms with E-state index in [1.807, 2.05) is 6.07 Å². The van der Waals surface area contributed by atoms with Gasteiger partial charge in [-0.25, -0.2) is 0 Å². The fraction of sp³-hybridized carbons (Fsp3) is 0.647. The molecule has 106 valence electrons. The van der Waals surface area contributed by atoms with Crippen molar-refractivity contribution in [2.24, 2.45) is 17.8 Å². The molecule has 4 saturated carbocycles. The van der Waals surface area contributed by atoms with Crippen molar-refractivity contribution in [1.29, 1.82) is 0 Å². The second-order valence-electron chi connectivity index (χ2n) is 7.39. The van der Waals surface area contributed by atoms with Gasteiger partial charge in [-0.15, -0.1) is 0 Å².